The van der Waals surface area contributed by atoms with Gasteiger partial charge < -0.3 is 14.7 Å². The van der Waals surface area contributed by atoms with Crippen LogP contribution in [0, 0.1) is 0 Å². The van der Waals surface area contributed by atoms with Crippen LogP contribution in [0.2, 0.25) is 5.02 Å². The SMILES string of the molecule is OC(COc1ccc2ccccc2c1)CN1CCN(c2ccc(Cl)cc2)CC1. The maximum atomic E-state index is 10.4. The van der Waals surface area contributed by atoms with E-state index in [2.05, 4.69) is 34.1 Å². The van der Waals surface area contributed by atoms with E-state index in [-0.39, 0.29) is 0 Å². The second-order valence-electron chi connectivity index (χ2n) is 7.24. The van der Waals surface area contributed by atoms with Crippen LogP contribution in [0.15, 0.2) is 66.7 Å². The first-order chi connectivity index (χ1) is 13.7. The molecule has 1 N–H and O–H groups in total. The number of fused-ring (bicyclic) bond motifs is 1. The van der Waals surface area contributed by atoms with E-state index in [4.69, 9.17) is 16.3 Å². The van der Waals surface area contributed by atoms with E-state index in [1.807, 2.05) is 42.5 Å². The molecule has 1 aliphatic rings. The number of hydrogen-bond acceptors (Lipinski definition) is 4. The summed E-state index contributed by atoms with van der Waals surface area (Å²) in [5, 5.41) is 13.5. The summed E-state index contributed by atoms with van der Waals surface area (Å²) in [5.41, 5.74) is 1.20. The van der Waals surface area contributed by atoms with Crippen molar-refractivity contribution in [2.24, 2.45) is 0 Å². The van der Waals surface area contributed by atoms with Crippen LogP contribution in [0.5, 0.6) is 5.75 Å². The highest BCUT2D eigenvalue weighted by Crippen LogP contribution is 2.21. The molecule has 3 aromatic rings. The van der Waals surface area contributed by atoms with Crippen LogP contribution < -0.4 is 9.64 Å². The molecule has 0 aliphatic carbocycles. The van der Waals surface area contributed by atoms with Gasteiger partial charge >= 0.3 is 0 Å². The van der Waals surface area contributed by atoms with E-state index in [1.165, 1.54) is 11.1 Å². The predicted octanol–water partition coefficient (Wildman–Crippen LogP) is 4.06. The summed E-state index contributed by atoms with van der Waals surface area (Å²) in [6.07, 6.45) is -0.506. The first-order valence-corrected chi connectivity index (χ1v) is 10.1. The number of nitrogens with zero attached hydrogens (tertiary/aromatic N) is 2. The minimum atomic E-state index is -0.506. The number of aliphatic hydroxyl groups excluding tert-OH is 1. The Bertz CT molecular complexity index is 908. The van der Waals surface area contributed by atoms with Crippen molar-refractivity contribution in [3.63, 3.8) is 0 Å². The lowest BCUT2D eigenvalue weighted by Crippen LogP contribution is -2.49. The molecule has 1 saturated heterocycles. The van der Waals surface area contributed by atoms with Gasteiger partial charge in [-0.25, -0.2) is 0 Å². The number of rotatable bonds is 6. The molecule has 146 valence electrons. The molecule has 4 rings (SSSR count). The second kappa shape index (κ2) is 8.82. The molecule has 1 fully saturated rings. The van der Waals surface area contributed by atoms with E-state index in [0.29, 0.717) is 13.2 Å². The summed E-state index contributed by atoms with van der Waals surface area (Å²) in [6, 6.07) is 22.2. The van der Waals surface area contributed by atoms with Crippen LogP contribution >= 0.6 is 11.6 Å². The lowest BCUT2D eigenvalue weighted by Gasteiger charge is -2.36. The summed E-state index contributed by atoms with van der Waals surface area (Å²) in [7, 11) is 0. The van der Waals surface area contributed by atoms with Crippen LogP contribution in [-0.2, 0) is 0 Å². The zero-order valence-corrected chi connectivity index (χ0v) is 16.6. The lowest BCUT2D eigenvalue weighted by molar-refractivity contribution is 0.0663. The number of halogens is 1. The topological polar surface area (TPSA) is 35.9 Å². The normalized spacial score (nSPS) is 16.3. The molecule has 4 nitrogen and oxygen atoms in total. The van der Waals surface area contributed by atoms with Crippen molar-refractivity contribution in [1.82, 2.24) is 4.90 Å². The van der Waals surface area contributed by atoms with Gasteiger partial charge in [-0.1, -0.05) is 41.9 Å². The van der Waals surface area contributed by atoms with E-state index in [9.17, 15) is 5.11 Å². The second-order valence-corrected chi connectivity index (χ2v) is 7.67. The van der Waals surface area contributed by atoms with Gasteiger partial charge in [-0.05, 0) is 47.2 Å². The fourth-order valence-electron chi connectivity index (χ4n) is 3.64. The Morgan fingerprint density at radius 1 is 0.893 bits per heavy atom. The molecule has 0 bridgehead atoms. The molecular weight excluding hydrogens is 372 g/mol. The number of aliphatic hydroxyl groups is 1. The van der Waals surface area contributed by atoms with Gasteiger partial charge in [0.2, 0.25) is 0 Å². The van der Waals surface area contributed by atoms with Crippen LogP contribution in [0.1, 0.15) is 0 Å². The fraction of sp³-hybridized carbons (Fsp3) is 0.304. The first-order valence-electron chi connectivity index (χ1n) is 9.70. The van der Waals surface area contributed by atoms with Gasteiger partial charge in [-0.3, -0.25) is 4.90 Å². The fourth-order valence-corrected chi connectivity index (χ4v) is 3.77. The van der Waals surface area contributed by atoms with Crippen molar-refractivity contribution in [2.45, 2.75) is 6.10 Å². The average Bonchev–Trinajstić information content (AvgIpc) is 2.73. The van der Waals surface area contributed by atoms with Crippen molar-refractivity contribution < 1.29 is 9.84 Å². The molecule has 0 saturated carbocycles. The molecule has 0 amide bonds. The number of piperazine rings is 1. The third-order valence-corrected chi connectivity index (χ3v) is 5.45. The lowest BCUT2D eigenvalue weighted by atomic mass is 10.1. The van der Waals surface area contributed by atoms with Crippen molar-refractivity contribution >= 4 is 28.1 Å². The molecule has 1 atom stereocenters. The number of benzene rings is 3. The van der Waals surface area contributed by atoms with Crippen molar-refractivity contribution in [2.75, 3.05) is 44.2 Å². The van der Waals surface area contributed by atoms with Gasteiger partial charge in [0.25, 0.3) is 0 Å². The zero-order valence-electron chi connectivity index (χ0n) is 15.8. The summed E-state index contributed by atoms with van der Waals surface area (Å²) in [4.78, 5) is 4.64. The highest BCUT2D eigenvalue weighted by molar-refractivity contribution is 6.30. The molecule has 28 heavy (non-hydrogen) atoms. The molecular formula is C23H25ClN2O2. The molecule has 1 unspecified atom stereocenters. The molecule has 1 aliphatic heterocycles. The van der Waals surface area contributed by atoms with Crippen LogP contribution in [0.3, 0.4) is 0 Å². The maximum absolute atomic E-state index is 10.4. The third kappa shape index (κ3) is 4.76. The number of ether oxygens (including phenoxy) is 1. The monoisotopic (exact) mass is 396 g/mol. The predicted molar refractivity (Wildman–Crippen MR) is 116 cm³/mol. The van der Waals surface area contributed by atoms with Crippen molar-refractivity contribution in [3.8, 4) is 5.75 Å². The van der Waals surface area contributed by atoms with E-state index in [1.54, 1.807) is 0 Å². The van der Waals surface area contributed by atoms with E-state index >= 15 is 0 Å². The summed E-state index contributed by atoms with van der Waals surface area (Å²) in [5.74, 6) is 0.797. The standard InChI is InChI=1S/C23H25ClN2O2/c24-20-6-8-21(9-7-20)26-13-11-25(12-14-26)16-22(27)17-28-23-10-5-18-3-1-2-4-19(18)15-23/h1-10,15,22,27H,11-14,16-17H2. The quantitative estimate of drug-likeness (QED) is 0.681. The molecule has 0 radical (unpaired) electrons. The van der Waals surface area contributed by atoms with E-state index < -0.39 is 6.10 Å². The molecule has 3 aromatic carbocycles. The Morgan fingerprint density at radius 2 is 1.61 bits per heavy atom. The first kappa shape index (κ1) is 19.1. The molecule has 0 spiro atoms. The van der Waals surface area contributed by atoms with Gasteiger partial charge in [0, 0.05) is 43.4 Å². The number of hydrogen-bond donors (Lipinski definition) is 1. The van der Waals surface area contributed by atoms with E-state index in [0.717, 1.165) is 42.3 Å². The summed E-state index contributed by atoms with van der Waals surface area (Å²) in [6.45, 7) is 4.67. The van der Waals surface area contributed by atoms with Gasteiger partial charge in [-0.2, -0.15) is 0 Å². The van der Waals surface area contributed by atoms with Gasteiger partial charge in [0.15, 0.2) is 0 Å². The largest absolute Gasteiger partial charge is 0.491 e. The number of anilines is 1. The Morgan fingerprint density at radius 3 is 2.36 bits per heavy atom. The third-order valence-electron chi connectivity index (χ3n) is 5.20. The highest BCUT2D eigenvalue weighted by Gasteiger charge is 2.19. The van der Waals surface area contributed by atoms with Gasteiger partial charge in [-0.15, -0.1) is 0 Å². The van der Waals surface area contributed by atoms with Crippen LogP contribution in [0.4, 0.5) is 5.69 Å². The zero-order chi connectivity index (χ0) is 19.3. The highest BCUT2D eigenvalue weighted by atomic mass is 35.5. The summed E-state index contributed by atoms with van der Waals surface area (Å²) >= 11 is 5.97. The van der Waals surface area contributed by atoms with Crippen molar-refractivity contribution in [1.29, 1.82) is 0 Å². The molecule has 1 heterocycles. The Kier molecular flexibility index (Phi) is 6.01. The van der Waals surface area contributed by atoms with Crippen LogP contribution in [-0.4, -0.2) is 55.4 Å². The Hall–Kier alpha value is -2.27. The smallest absolute Gasteiger partial charge is 0.120 e. The molecule has 0 aromatic heterocycles. The minimum absolute atomic E-state index is 0.301. The summed E-state index contributed by atoms with van der Waals surface area (Å²) < 4.78 is 5.82. The number of β-amino-alcohol motifs (C(OH)–C–C–N with tert-alkyl or cyclic N) is 1. The van der Waals surface area contributed by atoms with Gasteiger partial charge in [0.1, 0.15) is 18.5 Å². The average molecular weight is 397 g/mol. The Balaban J connectivity index is 1.24. The van der Waals surface area contributed by atoms with Crippen molar-refractivity contribution in [3.05, 3.63) is 71.8 Å². The molecule has 5 heteroatoms. The minimum Gasteiger partial charge on any atom is -0.491 e. The maximum Gasteiger partial charge on any atom is 0.120 e. The van der Waals surface area contributed by atoms with Gasteiger partial charge in [0.05, 0.1) is 0 Å². The Labute approximate surface area is 170 Å². The van der Waals surface area contributed by atoms with Crippen LogP contribution in [0.25, 0.3) is 10.8 Å².